The van der Waals surface area contributed by atoms with E-state index in [0.717, 1.165) is 18.7 Å². The van der Waals surface area contributed by atoms with Gasteiger partial charge in [0.25, 0.3) is 5.91 Å². The molecule has 21 heavy (non-hydrogen) atoms. The van der Waals surface area contributed by atoms with Crippen LogP contribution in [0.15, 0.2) is 40.9 Å². The third-order valence-corrected chi connectivity index (χ3v) is 3.88. The molecule has 0 aliphatic carbocycles. The van der Waals surface area contributed by atoms with Gasteiger partial charge in [0.05, 0.1) is 6.04 Å². The molecule has 5 heteroatoms. The molecule has 110 valence electrons. The van der Waals surface area contributed by atoms with Crippen LogP contribution in [0.4, 0.5) is 0 Å². The summed E-state index contributed by atoms with van der Waals surface area (Å²) in [6.45, 7) is 4.18. The summed E-state index contributed by atoms with van der Waals surface area (Å²) in [7, 11) is 2.08. The number of nitrogens with zero attached hydrogens (tertiary/aromatic N) is 3. The second-order valence-electron chi connectivity index (χ2n) is 5.51. The van der Waals surface area contributed by atoms with Gasteiger partial charge in [-0.05, 0) is 19.5 Å². The van der Waals surface area contributed by atoms with Gasteiger partial charge in [0.2, 0.25) is 0 Å². The zero-order valence-corrected chi connectivity index (χ0v) is 12.3. The Morgan fingerprint density at radius 3 is 2.71 bits per heavy atom. The molecule has 0 radical (unpaired) electrons. The normalized spacial score (nSPS) is 19.7. The molecule has 5 nitrogen and oxygen atoms in total. The minimum atomic E-state index is -0.0613. The Balaban J connectivity index is 1.89. The lowest BCUT2D eigenvalue weighted by molar-refractivity contribution is 0.0488. The van der Waals surface area contributed by atoms with Crippen LogP contribution in [0.5, 0.6) is 0 Å². The molecule has 0 saturated carbocycles. The van der Waals surface area contributed by atoms with Crippen molar-refractivity contribution in [2.24, 2.45) is 0 Å². The summed E-state index contributed by atoms with van der Waals surface area (Å²) in [4.78, 5) is 16.8. The first-order valence-corrected chi connectivity index (χ1v) is 7.13. The molecule has 1 unspecified atom stereocenters. The van der Waals surface area contributed by atoms with Crippen molar-refractivity contribution in [2.75, 3.05) is 26.7 Å². The Labute approximate surface area is 124 Å². The average Bonchev–Trinajstić information content (AvgIpc) is 2.94. The van der Waals surface area contributed by atoms with Gasteiger partial charge < -0.3 is 14.3 Å². The quantitative estimate of drug-likeness (QED) is 0.848. The van der Waals surface area contributed by atoms with Crippen molar-refractivity contribution in [1.82, 2.24) is 15.0 Å². The standard InChI is InChI=1S/C16H19N3O2/c1-12-10-14(17-21-12)16(20)19-9-8-18(2)11-15(19)13-6-4-3-5-7-13/h3-7,10,15H,8-9,11H2,1-2H3. The largest absolute Gasteiger partial charge is 0.361 e. The smallest absolute Gasteiger partial charge is 0.276 e. The summed E-state index contributed by atoms with van der Waals surface area (Å²) in [6, 6.07) is 11.9. The van der Waals surface area contributed by atoms with Gasteiger partial charge in [0, 0.05) is 25.7 Å². The van der Waals surface area contributed by atoms with Crippen molar-refractivity contribution in [3.8, 4) is 0 Å². The molecule has 1 fully saturated rings. The molecule has 1 aliphatic rings. The Morgan fingerprint density at radius 1 is 1.29 bits per heavy atom. The van der Waals surface area contributed by atoms with E-state index in [1.165, 1.54) is 0 Å². The zero-order chi connectivity index (χ0) is 14.8. The van der Waals surface area contributed by atoms with Gasteiger partial charge >= 0.3 is 0 Å². The number of piperazine rings is 1. The molecule has 1 atom stereocenters. The topological polar surface area (TPSA) is 49.6 Å². The molecule has 2 heterocycles. The number of hydrogen-bond donors (Lipinski definition) is 0. The molecular formula is C16H19N3O2. The van der Waals surface area contributed by atoms with Crippen molar-refractivity contribution in [3.05, 3.63) is 53.4 Å². The molecule has 3 rings (SSSR count). The molecule has 1 aliphatic heterocycles. The van der Waals surface area contributed by atoms with Crippen LogP contribution >= 0.6 is 0 Å². The number of likely N-dealkylation sites (N-methyl/N-ethyl adjacent to an activating group) is 1. The van der Waals surface area contributed by atoms with E-state index in [-0.39, 0.29) is 11.9 Å². The van der Waals surface area contributed by atoms with Crippen molar-refractivity contribution in [1.29, 1.82) is 0 Å². The second kappa shape index (κ2) is 5.69. The van der Waals surface area contributed by atoms with Crippen molar-refractivity contribution in [2.45, 2.75) is 13.0 Å². The lowest BCUT2D eigenvalue weighted by Crippen LogP contribution is -2.49. The van der Waals surface area contributed by atoms with Crippen LogP contribution in [0.25, 0.3) is 0 Å². The first-order valence-electron chi connectivity index (χ1n) is 7.13. The predicted octanol–water partition coefficient (Wildman–Crippen LogP) is 2.11. The SMILES string of the molecule is Cc1cc(C(=O)N2CCN(C)CC2c2ccccc2)no1. The van der Waals surface area contributed by atoms with Gasteiger partial charge in [0.15, 0.2) is 5.69 Å². The summed E-state index contributed by atoms with van der Waals surface area (Å²) in [5.74, 6) is 0.595. The summed E-state index contributed by atoms with van der Waals surface area (Å²) >= 11 is 0. The highest BCUT2D eigenvalue weighted by molar-refractivity contribution is 5.92. The Bertz CT molecular complexity index is 623. The molecule has 1 amide bonds. The monoisotopic (exact) mass is 285 g/mol. The van der Waals surface area contributed by atoms with Gasteiger partial charge in [-0.2, -0.15) is 0 Å². The summed E-state index contributed by atoms with van der Waals surface area (Å²) in [5.41, 5.74) is 1.54. The van der Waals surface area contributed by atoms with E-state index in [1.54, 1.807) is 13.0 Å². The van der Waals surface area contributed by atoms with Crippen LogP contribution in [0, 0.1) is 6.92 Å². The highest BCUT2D eigenvalue weighted by Crippen LogP contribution is 2.26. The maximum atomic E-state index is 12.7. The van der Waals surface area contributed by atoms with E-state index in [4.69, 9.17) is 4.52 Å². The molecule has 1 saturated heterocycles. The number of aromatic nitrogens is 1. The lowest BCUT2D eigenvalue weighted by atomic mass is 10.0. The minimum Gasteiger partial charge on any atom is -0.361 e. The average molecular weight is 285 g/mol. The fraction of sp³-hybridized carbons (Fsp3) is 0.375. The van der Waals surface area contributed by atoms with Crippen LogP contribution in [-0.2, 0) is 0 Å². The van der Waals surface area contributed by atoms with Crippen molar-refractivity contribution in [3.63, 3.8) is 0 Å². The molecule has 1 aromatic carbocycles. The Morgan fingerprint density at radius 2 is 2.05 bits per heavy atom. The molecule has 0 bridgehead atoms. The van der Waals surface area contributed by atoms with Gasteiger partial charge in [-0.3, -0.25) is 4.79 Å². The third-order valence-electron chi connectivity index (χ3n) is 3.88. The lowest BCUT2D eigenvalue weighted by Gasteiger charge is -2.40. The number of aryl methyl sites for hydroxylation is 1. The summed E-state index contributed by atoms with van der Waals surface area (Å²) in [6.07, 6.45) is 0. The minimum absolute atomic E-state index is 0.0504. The highest BCUT2D eigenvalue weighted by Gasteiger charge is 2.32. The number of amides is 1. The van der Waals surface area contributed by atoms with Gasteiger partial charge in [-0.15, -0.1) is 0 Å². The summed E-state index contributed by atoms with van der Waals surface area (Å²) < 4.78 is 5.03. The van der Waals surface area contributed by atoms with E-state index in [9.17, 15) is 4.79 Å². The Hall–Kier alpha value is -2.14. The van der Waals surface area contributed by atoms with Crippen molar-refractivity contribution >= 4 is 5.91 Å². The zero-order valence-electron chi connectivity index (χ0n) is 12.3. The first-order chi connectivity index (χ1) is 10.1. The van der Waals surface area contributed by atoms with Crippen LogP contribution in [0.1, 0.15) is 27.9 Å². The number of carbonyl (C=O) groups is 1. The number of carbonyl (C=O) groups excluding carboxylic acids is 1. The fourth-order valence-electron chi connectivity index (χ4n) is 2.74. The number of benzene rings is 1. The summed E-state index contributed by atoms with van der Waals surface area (Å²) in [5, 5.41) is 3.86. The first kappa shape index (κ1) is 13.8. The van der Waals surface area contributed by atoms with Gasteiger partial charge in [-0.1, -0.05) is 35.5 Å². The van der Waals surface area contributed by atoms with E-state index in [0.29, 0.717) is 18.0 Å². The van der Waals surface area contributed by atoms with Crippen LogP contribution < -0.4 is 0 Å². The van der Waals surface area contributed by atoms with E-state index >= 15 is 0 Å². The molecule has 1 aromatic heterocycles. The molecule has 0 N–H and O–H groups in total. The maximum Gasteiger partial charge on any atom is 0.276 e. The molecule has 0 spiro atoms. The number of rotatable bonds is 2. The number of hydrogen-bond acceptors (Lipinski definition) is 4. The maximum absolute atomic E-state index is 12.7. The van der Waals surface area contributed by atoms with Crippen LogP contribution in [0.3, 0.4) is 0 Å². The fourth-order valence-corrected chi connectivity index (χ4v) is 2.74. The van der Waals surface area contributed by atoms with Crippen molar-refractivity contribution < 1.29 is 9.32 Å². The van der Waals surface area contributed by atoms with E-state index in [2.05, 4.69) is 29.2 Å². The highest BCUT2D eigenvalue weighted by atomic mass is 16.5. The molecular weight excluding hydrogens is 266 g/mol. The van der Waals surface area contributed by atoms with Crippen LogP contribution in [0.2, 0.25) is 0 Å². The van der Waals surface area contributed by atoms with E-state index < -0.39 is 0 Å². The molecule has 2 aromatic rings. The van der Waals surface area contributed by atoms with Gasteiger partial charge in [0.1, 0.15) is 5.76 Å². The van der Waals surface area contributed by atoms with Crippen LogP contribution in [-0.4, -0.2) is 47.5 Å². The third kappa shape index (κ3) is 2.83. The van der Waals surface area contributed by atoms with Gasteiger partial charge in [-0.25, -0.2) is 0 Å². The predicted molar refractivity (Wildman–Crippen MR) is 79.0 cm³/mol. The second-order valence-corrected chi connectivity index (χ2v) is 5.51. The Kier molecular flexibility index (Phi) is 3.75. The van der Waals surface area contributed by atoms with E-state index in [1.807, 2.05) is 23.1 Å².